The van der Waals surface area contributed by atoms with E-state index < -0.39 is 39.9 Å². The number of nitrogens with zero attached hydrogens (tertiary/aromatic N) is 2. The van der Waals surface area contributed by atoms with E-state index in [1.54, 1.807) is 0 Å². The van der Waals surface area contributed by atoms with Crippen molar-refractivity contribution >= 4 is 23.9 Å². The van der Waals surface area contributed by atoms with Crippen molar-refractivity contribution < 1.29 is 29.6 Å². The zero-order chi connectivity index (χ0) is 20.2. The zero-order valence-corrected chi connectivity index (χ0v) is 13.8. The van der Waals surface area contributed by atoms with Crippen LogP contribution in [0.5, 0.6) is 0 Å². The molecule has 0 spiro atoms. The lowest BCUT2D eigenvalue weighted by molar-refractivity contribution is -0.387. The van der Waals surface area contributed by atoms with Gasteiger partial charge in [-0.3, -0.25) is 29.8 Å². The van der Waals surface area contributed by atoms with Gasteiger partial charge in [0.25, 0.3) is 11.4 Å². The molecule has 0 atom stereocenters. The summed E-state index contributed by atoms with van der Waals surface area (Å²) in [5.41, 5.74) is -3.52. The smallest absolute Gasteiger partial charge is 0.274 e. The fourth-order valence-corrected chi connectivity index (χ4v) is 2.89. The van der Waals surface area contributed by atoms with Gasteiger partial charge in [0.05, 0.1) is 28.5 Å². The maximum absolute atomic E-state index is 11.5. The number of carbonyl (C=O) groups is 2. The topological polar surface area (TPSA) is 161 Å². The van der Waals surface area contributed by atoms with Gasteiger partial charge in [-0.05, 0) is 0 Å². The molecule has 0 heterocycles. The summed E-state index contributed by atoms with van der Waals surface area (Å²) in [4.78, 5) is 43.2. The Hall–Kier alpha value is -3.50. The van der Waals surface area contributed by atoms with E-state index in [0.29, 0.717) is 12.6 Å². The van der Waals surface area contributed by atoms with E-state index in [2.05, 4.69) is 0 Å². The summed E-state index contributed by atoms with van der Waals surface area (Å²) >= 11 is 0. The zero-order valence-electron chi connectivity index (χ0n) is 13.8. The Labute approximate surface area is 152 Å². The maximum Gasteiger partial charge on any atom is 0.274 e. The van der Waals surface area contributed by atoms with Crippen LogP contribution in [-0.2, 0) is 5.41 Å². The summed E-state index contributed by atoms with van der Waals surface area (Å²) < 4.78 is 0. The average molecular weight is 374 g/mol. The number of aliphatic hydroxyl groups excluding tert-OH is 2. The third kappa shape index (κ3) is 3.43. The molecule has 0 aliphatic heterocycles. The van der Waals surface area contributed by atoms with Gasteiger partial charge in [0.1, 0.15) is 12.6 Å². The third-order valence-corrected chi connectivity index (χ3v) is 4.28. The van der Waals surface area contributed by atoms with Crippen LogP contribution in [0, 0.1) is 20.2 Å². The van der Waals surface area contributed by atoms with Crippen molar-refractivity contribution in [1.82, 2.24) is 0 Å². The lowest BCUT2D eigenvalue weighted by Crippen LogP contribution is -2.37. The summed E-state index contributed by atoms with van der Waals surface area (Å²) in [6.07, 6.45) is 0.773. The number of nitro benzene ring substituents is 2. The van der Waals surface area contributed by atoms with Gasteiger partial charge < -0.3 is 10.2 Å². The first-order valence-corrected chi connectivity index (χ1v) is 7.54. The molecule has 0 saturated heterocycles. The minimum Gasteiger partial charge on any atom is -0.395 e. The van der Waals surface area contributed by atoms with Gasteiger partial charge in [-0.1, -0.05) is 24.3 Å². The van der Waals surface area contributed by atoms with E-state index in [1.165, 1.54) is 12.1 Å². The highest BCUT2D eigenvalue weighted by Crippen LogP contribution is 2.41. The van der Waals surface area contributed by atoms with Crippen molar-refractivity contribution in [2.75, 3.05) is 13.2 Å². The second-order valence-corrected chi connectivity index (χ2v) is 5.70. The highest BCUT2D eigenvalue weighted by Gasteiger charge is 2.43. The second kappa shape index (κ2) is 7.81. The van der Waals surface area contributed by atoms with Crippen LogP contribution in [0.15, 0.2) is 36.4 Å². The van der Waals surface area contributed by atoms with Crippen LogP contribution in [0.2, 0.25) is 0 Å². The molecule has 0 aliphatic carbocycles. The van der Waals surface area contributed by atoms with E-state index in [-0.39, 0.29) is 22.3 Å². The molecule has 0 unspecified atom stereocenters. The van der Waals surface area contributed by atoms with Crippen LogP contribution in [0.3, 0.4) is 0 Å². The number of aliphatic hydroxyl groups is 2. The van der Waals surface area contributed by atoms with E-state index in [9.17, 15) is 40.0 Å². The Kier molecular flexibility index (Phi) is 5.73. The molecular formula is C17H14N2O8. The number of aldehydes is 2. The molecule has 0 aromatic heterocycles. The molecule has 2 aromatic carbocycles. The largest absolute Gasteiger partial charge is 0.395 e. The SMILES string of the molecule is O=Cc1ccc(C(CO)(CO)c2ccc(C=O)cc2[N+](=O)[O-])c([N+](=O)[O-])c1. The van der Waals surface area contributed by atoms with Gasteiger partial charge in [0, 0.05) is 34.4 Å². The van der Waals surface area contributed by atoms with Crippen LogP contribution in [0.4, 0.5) is 11.4 Å². The van der Waals surface area contributed by atoms with Crippen LogP contribution >= 0.6 is 0 Å². The number of hydrogen-bond donors (Lipinski definition) is 2. The first-order chi connectivity index (χ1) is 12.8. The summed E-state index contributed by atoms with van der Waals surface area (Å²) in [5, 5.41) is 42.9. The van der Waals surface area contributed by atoms with E-state index in [0.717, 1.165) is 24.3 Å². The van der Waals surface area contributed by atoms with Gasteiger partial charge in [-0.15, -0.1) is 0 Å². The molecule has 0 bridgehead atoms. The molecule has 10 nitrogen and oxygen atoms in total. The van der Waals surface area contributed by atoms with Crippen LogP contribution in [0.25, 0.3) is 0 Å². The minimum absolute atomic E-state index is 0.0129. The fourth-order valence-electron chi connectivity index (χ4n) is 2.89. The Morgan fingerprint density at radius 2 is 1.19 bits per heavy atom. The average Bonchev–Trinajstić information content (AvgIpc) is 2.69. The molecule has 0 radical (unpaired) electrons. The molecule has 2 rings (SSSR count). The van der Waals surface area contributed by atoms with Crippen molar-refractivity contribution in [2.45, 2.75) is 5.41 Å². The van der Waals surface area contributed by atoms with Crippen LogP contribution < -0.4 is 0 Å². The molecule has 0 saturated carbocycles. The molecule has 10 heteroatoms. The summed E-state index contributed by atoms with van der Waals surface area (Å²) in [6, 6.07) is 6.70. The van der Waals surface area contributed by atoms with E-state index >= 15 is 0 Å². The first kappa shape index (κ1) is 19.8. The summed E-state index contributed by atoms with van der Waals surface area (Å²) in [6.45, 7) is -1.79. The molecule has 2 N–H and O–H groups in total. The minimum atomic E-state index is -1.91. The second-order valence-electron chi connectivity index (χ2n) is 5.70. The van der Waals surface area contributed by atoms with Crippen molar-refractivity contribution in [2.24, 2.45) is 0 Å². The number of carbonyl (C=O) groups excluding carboxylic acids is 2. The summed E-state index contributed by atoms with van der Waals surface area (Å²) in [7, 11) is 0. The molecular weight excluding hydrogens is 360 g/mol. The molecule has 2 aromatic rings. The lowest BCUT2D eigenvalue weighted by Gasteiger charge is -2.30. The predicted molar refractivity (Wildman–Crippen MR) is 91.9 cm³/mol. The van der Waals surface area contributed by atoms with E-state index in [4.69, 9.17) is 0 Å². The summed E-state index contributed by atoms with van der Waals surface area (Å²) in [5.74, 6) is 0. The standard InChI is InChI=1S/C17H14N2O8/c20-7-11-1-3-13(15(5-11)18(24)25)17(9-22,10-23)14-4-2-12(8-21)6-16(14)19(26)27/h1-8,22-23H,9-10H2. The quantitative estimate of drug-likeness (QED) is 0.398. The van der Waals surface area contributed by atoms with Crippen LogP contribution in [0.1, 0.15) is 31.8 Å². The van der Waals surface area contributed by atoms with Crippen LogP contribution in [-0.4, -0.2) is 45.8 Å². The Bertz CT molecular complexity index is 850. The van der Waals surface area contributed by atoms with Crippen molar-refractivity contribution in [1.29, 1.82) is 0 Å². The molecule has 27 heavy (non-hydrogen) atoms. The molecule has 140 valence electrons. The Morgan fingerprint density at radius 3 is 1.44 bits per heavy atom. The number of hydrogen-bond acceptors (Lipinski definition) is 8. The van der Waals surface area contributed by atoms with Crippen molar-refractivity contribution in [3.8, 4) is 0 Å². The normalized spacial score (nSPS) is 11.0. The van der Waals surface area contributed by atoms with Gasteiger partial charge >= 0.3 is 0 Å². The highest BCUT2D eigenvalue weighted by atomic mass is 16.6. The Balaban J connectivity index is 2.89. The monoisotopic (exact) mass is 374 g/mol. The maximum atomic E-state index is 11.5. The number of benzene rings is 2. The van der Waals surface area contributed by atoms with Gasteiger partial charge in [-0.2, -0.15) is 0 Å². The van der Waals surface area contributed by atoms with Gasteiger partial charge in [0.15, 0.2) is 0 Å². The van der Waals surface area contributed by atoms with Gasteiger partial charge in [-0.25, -0.2) is 0 Å². The Morgan fingerprint density at radius 1 is 0.815 bits per heavy atom. The predicted octanol–water partition coefficient (Wildman–Crippen LogP) is 1.40. The third-order valence-electron chi connectivity index (χ3n) is 4.28. The lowest BCUT2D eigenvalue weighted by atomic mass is 9.73. The molecule has 0 aliphatic rings. The number of rotatable bonds is 8. The van der Waals surface area contributed by atoms with Crippen molar-refractivity contribution in [3.63, 3.8) is 0 Å². The van der Waals surface area contributed by atoms with Crippen molar-refractivity contribution in [3.05, 3.63) is 78.9 Å². The molecule has 0 fully saturated rings. The highest BCUT2D eigenvalue weighted by molar-refractivity contribution is 5.78. The van der Waals surface area contributed by atoms with E-state index in [1.807, 2.05) is 0 Å². The molecule has 0 amide bonds. The number of nitro groups is 2. The fraction of sp³-hybridized carbons (Fsp3) is 0.176. The van der Waals surface area contributed by atoms with Gasteiger partial charge in [0.2, 0.25) is 0 Å². The first-order valence-electron chi connectivity index (χ1n) is 7.54.